The van der Waals surface area contributed by atoms with Crippen molar-refractivity contribution in [1.82, 2.24) is 0 Å². The number of hydrogen-bond acceptors (Lipinski definition) is 6. The molecule has 0 N–H and O–H groups in total. The van der Waals surface area contributed by atoms with Crippen LogP contribution in [0.4, 0.5) is 0 Å². The SMILES string of the molecule is CC/C=C\C/C=C\C/C=C\C/C=C\C/C=C\CCCCCC(=O)OC[C@@H](COC(=O)CCCCCCCCCCCCCCCC)OC(=O)CCCC/C=C\C/C=C\C/C=C\C/C=C\CC. The molecule has 0 aromatic carbocycles. The van der Waals surface area contributed by atoms with E-state index in [9.17, 15) is 14.4 Å². The Morgan fingerprint density at radius 3 is 0.955 bits per heavy atom. The van der Waals surface area contributed by atoms with Gasteiger partial charge in [-0.1, -0.05) is 220 Å². The van der Waals surface area contributed by atoms with Crippen LogP contribution in [-0.2, 0) is 28.6 Å². The Labute approximate surface area is 406 Å². The Kier molecular flexibility index (Phi) is 50.5. The summed E-state index contributed by atoms with van der Waals surface area (Å²) in [6.45, 7) is 6.34. The Morgan fingerprint density at radius 1 is 0.318 bits per heavy atom. The average molecular weight is 915 g/mol. The highest BCUT2D eigenvalue weighted by molar-refractivity contribution is 5.71. The summed E-state index contributed by atoms with van der Waals surface area (Å²) >= 11 is 0. The van der Waals surface area contributed by atoms with Gasteiger partial charge < -0.3 is 14.2 Å². The molecule has 0 amide bonds. The quantitative estimate of drug-likeness (QED) is 0.0262. The number of rotatable bonds is 47. The highest BCUT2D eigenvalue weighted by Crippen LogP contribution is 2.14. The second-order valence-corrected chi connectivity index (χ2v) is 17.4. The molecule has 0 bridgehead atoms. The molecule has 0 radical (unpaired) electrons. The van der Waals surface area contributed by atoms with Crippen LogP contribution in [0, 0.1) is 0 Å². The first-order valence-electron chi connectivity index (χ1n) is 26.9. The summed E-state index contributed by atoms with van der Waals surface area (Å²) in [5.41, 5.74) is 0. The summed E-state index contributed by atoms with van der Waals surface area (Å²) in [5, 5.41) is 0. The monoisotopic (exact) mass is 915 g/mol. The van der Waals surface area contributed by atoms with E-state index in [1.165, 1.54) is 70.6 Å². The van der Waals surface area contributed by atoms with E-state index in [-0.39, 0.29) is 37.5 Å². The third-order valence-corrected chi connectivity index (χ3v) is 11.0. The largest absolute Gasteiger partial charge is 0.462 e. The van der Waals surface area contributed by atoms with Gasteiger partial charge in [0.15, 0.2) is 6.10 Å². The van der Waals surface area contributed by atoms with Crippen molar-refractivity contribution in [3.05, 3.63) is 109 Å². The van der Waals surface area contributed by atoms with Gasteiger partial charge in [0.1, 0.15) is 13.2 Å². The fraction of sp³-hybridized carbons (Fsp3) is 0.650. The molecule has 0 aliphatic carbocycles. The van der Waals surface area contributed by atoms with Gasteiger partial charge in [0.2, 0.25) is 0 Å². The summed E-state index contributed by atoms with van der Waals surface area (Å²) in [5.74, 6) is -0.983. The minimum Gasteiger partial charge on any atom is -0.462 e. The molecule has 0 heterocycles. The van der Waals surface area contributed by atoms with E-state index in [1.807, 2.05) is 0 Å². The van der Waals surface area contributed by atoms with E-state index in [2.05, 4.69) is 130 Å². The Bertz CT molecular complexity index is 1370. The average Bonchev–Trinajstić information content (AvgIpc) is 3.31. The lowest BCUT2D eigenvalue weighted by Gasteiger charge is -2.18. The van der Waals surface area contributed by atoms with Crippen molar-refractivity contribution in [2.75, 3.05) is 13.2 Å². The fourth-order valence-corrected chi connectivity index (χ4v) is 7.05. The highest BCUT2D eigenvalue weighted by Gasteiger charge is 2.19. The Balaban J connectivity index is 4.51. The van der Waals surface area contributed by atoms with Gasteiger partial charge in [0, 0.05) is 19.3 Å². The molecule has 1 atom stereocenters. The van der Waals surface area contributed by atoms with Gasteiger partial charge in [0.25, 0.3) is 0 Å². The number of allylic oxidation sites excluding steroid dienone is 18. The number of esters is 3. The summed E-state index contributed by atoms with van der Waals surface area (Å²) in [6, 6.07) is 0. The first-order chi connectivity index (χ1) is 32.5. The van der Waals surface area contributed by atoms with E-state index < -0.39 is 6.10 Å². The Morgan fingerprint density at radius 2 is 0.591 bits per heavy atom. The first kappa shape index (κ1) is 62.1. The second kappa shape index (κ2) is 53.7. The smallest absolute Gasteiger partial charge is 0.306 e. The van der Waals surface area contributed by atoms with Crippen molar-refractivity contribution in [2.24, 2.45) is 0 Å². The van der Waals surface area contributed by atoms with Crippen molar-refractivity contribution >= 4 is 17.9 Å². The lowest BCUT2D eigenvalue weighted by molar-refractivity contribution is -0.167. The number of hydrogen-bond donors (Lipinski definition) is 0. The maximum atomic E-state index is 12.8. The van der Waals surface area contributed by atoms with Gasteiger partial charge in [-0.3, -0.25) is 14.4 Å². The van der Waals surface area contributed by atoms with E-state index in [4.69, 9.17) is 14.2 Å². The molecule has 0 fully saturated rings. The minimum absolute atomic E-state index is 0.105. The standard InChI is InChI=1S/C60H98O6/c1-4-7-10-13-16-19-22-25-28-29-30-31-33-35-38-41-44-47-50-53-59(62)65-56-57(55-64-58(61)52-49-46-43-40-37-34-27-24-21-18-15-12-9-6-3)66-60(63)54-51-48-45-42-39-36-32-26-23-20-17-14-11-8-5-2/h7-8,10-11,16-17,19-20,25-26,28,30-32,35,38-39,42,57H,4-6,9,12-15,18,21-24,27,29,33-34,36-37,40-41,43-56H2,1-3H3/b10-7-,11-8-,19-16-,20-17-,28-25-,31-30-,32-26-,38-35-,42-39-/t57-/m1/s1. The second-order valence-electron chi connectivity index (χ2n) is 17.4. The molecule has 0 saturated carbocycles. The predicted octanol–water partition coefficient (Wildman–Crippen LogP) is 17.9. The van der Waals surface area contributed by atoms with Gasteiger partial charge in [-0.2, -0.15) is 0 Å². The van der Waals surface area contributed by atoms with Crippen LogP contribution < -0.4 is 0 Å². The van der Waals surface area contributed by atoms with Crippen molar-refractivity contribution in [3.8, 4) is 0 Å². The molecule has 374 valence electrons. The third-order valence-electron chi connectivity index (χ3n) is 11.0. The normalized spacial score (nSPS) is 13.0. The molecule has 0 aromatic heterocycles. The van der Waals surface area contributed by atoms with Crippen LogP contribution in [-0.4, -0.2) is 37.2 Å². The molecule has 66 heavy (non-hydrogen) atoms. The topological polar surface area (TPSA) is 78.9 Å². The Hall–Kier alpha value is -3.93. The molecule has 0 aromatic rings. The zero-order valence-electron chi connectivity index (χ0n) is 42.7. The molecular weight excluding hydrogens is 817 g/mol. The molecule has 0 spiro atoms. The van der Waals surface area contributed by atoms with Crippen molar-refractivity contribution in [1.29, 1.82) is 0 Å². The van der Waals surface area contributed by atoms with Crippen LogP contribution in [0.25, 0.3) is 0 Å². The van der Waals surface area contributed by atoms with Crippen LogP contribution in [0.2, 0.25) is 0 Å². The van der Waals surface area contributed by atoms with Crippen LogP contribution in [0.15, 0.2) is 109 Å². The molecule has 6 nitrogen and oxygen atoms in total. The molecular formula is C60H98O6. The van der Waals surface area contributed by atoms with Gasteiger partial charge in [0.05, 0.1) is 0 Å². The lowest BCUT2D eigenvalue weighted by Crippen LogP contribution is -2.30. The molecule has 0 saturated heterocycles. The fourth-order valence-electron chi connectivity index (χ4n) is 7.05. The van der Waals surface area contributed by atoms with Crippen molar-refractivity contribution in [3.63, 3.8) is 0 Å². The van der Waals surface area contributed by atoms with E-state index in [0.717, 1.165) is 116 Å². The first-order valence-corrected chi connectivity index (χ1v) is 26.9. The number of ether oxygens (including phenoxy) is 3. The van der Waals surface area contributed by atoms with E-state index in [0.29, 0.717) is 19.3 Å². The van der Waals surface area contributed by atoms with Gasteiger partial charge in [-0.15, -0.1) is 0 Å². The molecule has 0 aliphatic heterocycles. The molecule has 0 unspecified atom stereocenters. The van der Waals surface area contributed by atoms with Crippen molar-refractivity contribution in [2.45, 2.75) is 239 Å². The maximum absolute atomic E-state index is 12.8. The zero-order chi connectivity index (χ0) is 47.9. The summed E-state index contributed by atoms with van der Waals surface area (Å²) in [4.78, 5) is 38.0. The molecule has 0 aliphatic rings. The number of carbonyl (C=O) groups is 3. The summed E-state index contributed by atoms with van der Waals surface area (Å²) in [7, 11) is 0. The highest BCUT2D eigenvalue weighted by atomic mass is 16.6. The van der Waals surface area contributed by atoms with Crippen LogP contribution in [0.3, 0.4) is 0 Å². The zero-order valence-corrected chi connectivity index (χ0v) is 42.7. The number of carbonyl (C=O) groups excluding carboxylic acids is 3. The summed E-state index contributed by atoms with van der Waals surface area (Å²) in [6.07, 6.45) is 72.2. The minimum atomic E-state index is -0.814. The van der Waals surface area contributed by atoms with Gasteiger partial charge in [-0.25, -0.2) is 0 Å². The lowest BCUT2D eigenvalue weighted by atomic mass is 10.0. The van der Waals surface area contributed by atoms with Gasteiger partial charge >= 0.3 is 17.9 Å². The molecule has 0 rings (SSSR count). The third kappa shape index (κ3) is 51.1. The van der Waals surface area contributed by atoms with Crippen molar-refractivity contribution < 1.29 is 28.6 Å². The van der Waals surface area contributed by atoms with E-state index >= 15 is 0 Å². The van der Waals surface area contributed by atoms with Crippen LogP contribution in [0.5, 0.6) is 0 Å². The predicted molar refractivity (Wildman–Crippen MR) is 283 cm³/mol. The number of unbranched alkanes of at least 4 members (excludes halogenated alkanes) is 18. The van der Waals surface area contributed by atoms with Gasteiger partial charge in [-0.05, 0) is 103 Å². The molecule has 6 heteroatoms. The van der Waals surface area contributed by atoms with Crippen LogP contribution >= 0.6 is 0 Å². The maximum Gasteiger partial charge on any atom is 0.306 e. The van der Waals surface area contributed by atoms with Crippen LogP contribution in [0.1, 0.15) is 233 Å². The van der Waals surface area contributed by atoms with E-state index in [1.54, 1.807) is 0 Å². The summed E-state index contributed by atoms with van der Waals surface area (Å²) < 4.78 is 16.8.